The quantitative estimate of drug-likeness (QED) is 0.154. The van der Waals surface area contributed by atoms with Crippen LogP contribution in [0.1, 0.15) is 0 Å². The number of nitrogens with zero attached hydrogens (tertiary/aromatic N) is 4. The number of pyridine rings is 4. The zero-order valence-electron chi connectivity index (χ0n) is 33.0. The van der Waals surface area contributed by atoms with Crippen molar-refractivity contribution in [3.63, 3.8) is 0 Å². The van der Waals surface area contributed by atoms with Crippen LogP contribution in [0.25, 0.3) is 110 Å². The summed E-state index contributed by atoms with van der Waals surface area (Å²) in [5, 5.41) is 2.31. The van der Waals surface area contributed by atoms with Crippen molar-refractivity contribution in [2.45, 2.75) is 0 Å². The highest BCUT2D eigenvalue weighted by Crippen LogP contribution is 2.51. The van der Waals surface area contributed by atoms with Crippen molar-refractivity contribution in [3.05, 3.63) is 219 Å². The highest BCUT2D eigenvalue weighted by molar-refractivity contribution is 7.24. The van der Waals surface area contributed by atoms with Crippen molar-refractivity contribution in [1.29, 1.82) is 0 Å². The molecule has 286 valence electrons. The third kappa shape index (κ3) is 6.97. The lowest BCUT2D eigenvalue weighted by molar-refractivity contribution is 1.22. The van der Waals surface area contributed by atoms with Gasteiger partial charge in [0, 0.05) is 43.9 Å². The molecule has 0 radical (unpaired) electrons. The second kappa shape index (κ2) is 15.7. The van der Waals surface area contributed by atoms with Crippen LogP contribution in [0.5, 0.6) is 0 Å². The van der Waals surface area contributed by atoms with Crippen LogP contribution >= 0.6 is 11.3 Å². The molecule has 0 saturated carbocycles. The van der Waals surface area contributed by atoms with Crippen molar-refractivity contribution in [2.75, 3.05) is 0 Å². The SMILES string of the molecule is c1ccc(-c2cc(-c3ccccc3)cc(-c3c(-c4ccc(-c5cc(-c6ccccn6)nc(-c6ccccn6)c5)cc4)sc4c3c(-c3ccccc3)nc3ccccc34)c2)cc1. The van der Waals surface area contributed by atoms with Crippen LogP contribution in [0, 0.1) is 0 Å². The van der Waals surface area contributed by atoms with E-state index in [1.807, 2.05) is 60.1 Å². The molecule has 5 heterocycles. The lowest BCUT2D eigenvalue weighted by atomic mass is 9.90. The van der Waals surface area contributed by atoms with Gasteiger partial charge in [-0.15, -0.1) is 11.3 Å². The number of benzene rings is 6. The van der Waals surface area contributed by atoms with Gasteiger partial charge in [0.25, 0.3) is 0 Å². The molecular weight excluding hydrogens is 761 g/mol. The van der Waals surface area contributed by atoms with Crippen LogP contribution in [-0.2, 0) is 0 Å². The molecule has 0 aliphatic carbocycles. The van der Waals surface area contributed by atoms with E-state index in [4.69, 9.17) is 9.97 Å². The van der Waals surface area contributed by atoms with Gasteiger partial charge in [0.1, 0.15) is 0 Å². The minimum atomic E-state index is 0.801. The van der Waals surface area contributed by atoms with E-state index in [9.17, 15) is 0 Å². The Labute approximate surface area is 358 Å². The molecule has 0 amide bonds. The lowest BCUT2D eigenvalue weighted by Gasteiger charge is -2.15. The molecule has 0 unspecified atom stereocenters. The van der Waals surface area contributed by atoms with Gasteiger partial charge in [-0.05, 0) is 105 Å². The molecule has 0 N–H and O–H groups in total. The van der Waals surface area contributed by atoms with Gasteiger partial charge in [-0.2, -0.15) is 0 Å². The first-order valence-electron chi connectivity index (χ1n) is 20.4. The van der Waals surface area contributed by atoms with E-state index in [0.717, 1.165) is 83.7 Å². The Morgan fingerprint density at radius 1 is 0.328 bits per heavy atom. The molecule has 0 bridgehead atoms. The smallest absolute Gasteiger partial charge is 0.0900 e. The maximum Gasteiger partial charge on any atom is 0.0900 e. The average Bonchev–Trinajstić information content (AvgIpc) is 3.76. The summed E-state index contributed by atoms with van der Waals surface area (Å²) in [6.07, 6.45) is 3.61. The topological polar surface area (TPSA) is 51.6 Å². The molecule has 4 nitrogen and oxygen atoms in total. The molecule has 6 aromatic carbocycles. The zero-order chi connectivity index (χ0) is 40.5. The van der Waals surface area contributed by atoms with E-state index in [1.165, 1.54) is 26.3 Å². The van der Waals surface area contributed by atoms with Gasteiger partial charge in [-0.3, -0.25) is 9.97 Å². The highest BCUT2D eigenvalue weighted by atomic mass is 32.1. The summed E-state index contributed by atoms with van der Waals surface area (Å²) < 4.78 is 1.22. The normalized spacial score (nSPS) is 11.3. The summed E-state index contributed by atoms with van der Waals surface area (Å²) in [5.74, 6) is 0. The maximum absolute atomic E-state index is 5.44. The molecule has 5 heteroatoms. The van der Waals surface area contributed by atoms with Gasteiger partial charge in [0.05, 0.1) is 34.0 Å². The molecule has 61 heavy (non-hydrogen) atoms. The average molecular weight is 797 g/mol. The first-order valence-corrected chi connectivity index (χ1v) is 21.2. The maximum atomic E-state index is 5.44. The summed E-state index contributed by atoms with van der Waals surface area (Å²) in [6.45, 7) is 0. The molecule has 0 saturated heterocycles. The second-order valence-corrected chi connectivity index (χ2v) is 16.0. The molecular formula is C56H36N4S. The summed E-state index contributed by atoms with van der Waals surface area (Å²) in [5.41, 5.74) is 16.6. The van der Waals surface area contributed by atoms with Crippen LogP contribution in [0.15, 0.2) is 219 Å². The third-order valence-electron chi connectivity index (χ3n) is 11.2. The number of fused-ring (bicyclic) bond motifs is 3. The minimum absolute atomic E-state index is 0.801. The van der Waals surface area contributed by atoms with Crippen molar-refractivity contribution < 1.29 is 0 Å². The van der Waals surface area contributed by atoms with E-state index in [0.29, 0.717) is 0 Å². The molecule has 0 fully saturated rings. The molecule has 0 aliphatic rings. The fourth-order valence-electron chi connectivity index (χ4n) is 8.24. The van der Waals surface area contributed by atoms with Crippen molar-refractivity contribution >= 4 is 32.3 Å². The number of aromatic nitrogens is 4. The van der Waals surface area contributed by atoms with E-state index in [-0.39, 0.29) is 0 Å². The lowest BCUT2D eigenvalue weighted by Crippen LogP contribution is -1.94. The summed E-state index contributed by atoms with van der Waals surface area (Å²) >= 11 is 1.85. The monoisotopic (exact) mass is 796 g/mol. The van der Waals surface area contributed by atoms with Gasteiger partial charge < -0.3 is 0 Å². The standard InChI is InChI=1S/C56H36N4S/c1-4-16-37(17-5-1)42-32-43(38-18-6-2-7-19-38)34-45(33-42)52-53-54(40-20-8-3-9-21-40)60-47-23-11-10-22-46(47)56(53)61-55(52)41-28-26-39(27-29-41)44-35-50(48-24-12-14-30-57-48)59-51(36-44)49-25-13-15-31-58-49/h1-36H. The third-order valence-corrected chi connectivity index (χ3v) is 12.4. The van der Waals surface area contributed by atoms with Crippen LogP contribution in [0.3, 0.4) is 0 Å². The number of hydrogen-bond donors (Lipinski definition) is 0. The van der Waals surface area contributed by atoms with Crippen molar-refractivity contribution in [2.24, 2.45) is 0 Å². The Balaban J connectivity index is 1.16. The van der Waals surface area contributed by atoms with Gasteiger partial charge in [-0.25, -0.2) is 9.97 Å². The minimum Gasteiger partial charge on any atom is -0.255 e. The van der Waals surface area contributed by atoms with E-state index in [2.05, 4.69) is 180 Å². The Bertz CT molecular complexity index is 3200. The van der Waals surface area contributed by atoms with Crippen LogP contribution in [0.4, 0.5) is 0 Å². The number of thiophene rings is 1. The fourth-order valence-corrected chi connectivity index (χ4v) is 9.60. The predicted octanol–water partition coefficient (Wildman–Crippen LogP) is 15.0. The number of para-hydroxylation sites is 1. The largest absolute Gasteiger partial charge is 0.255 e. The second-order valence-electron chi connectivity index (χ2n) is 15.0. The van der Waals surface area contributed by atoms with Gasteiger partial charge in [0.15, 0.2) is 0 Å². The number of hydrogen-bond acceptors (Lipinski definition) is 5. The van der Waals surface area contributed by atoms with Crippen LogP contribution in [-0.4, -0.2) is 19.9 Å². The van der Waals surface area contributed by atoms with Crippen molar-refractivity contribution in [1.82, 2.24) is 19.9 Å². The van der Waals surface area contributed by atoms with Gasteiger partial charge in [-0.1, -0.05) is 146 Å². The zero-order valence-corrected chi connectivity index (χ0v) is 33.8. The Hall–Kier alpha value is -7.86. The predicted molar refractivity (Wildman–Crippen MR) is 254 cm³/mol. The van der Waals surface area contributed by atoms with Crippen LogP contribution in [0.2, 0.25) is 0 Å². The van der Waals surface area contributed by atoms with Gasteiger partial charge in [0.2, 0.25) is 0 Å². The molecule has 11 aromatic rings. The Kier molecular flexibility index (Phi) is 9.34. The summed E-state index contributed by atoms with van der Waals surface area (Å²) in [7, 11) is 0. The molecule has 11 rings (SSSR count). The Morgan fingerprint density at radius 2 is 0.803 bits per heavy atom. The molecule has 0 aliphatic heterocycles. The Morgan fingerprint density at radius 3 is 1.38 bits per heavy atom. The van der Waals surface area contributed by atoms with Gasteiger partial charge >= 0.3 is 0 Å². The molecule has 0 atom stereocenters. The summed E-state index contributed by atoms with van der Waals surface area (Å²) in [6, 6.07) is 72.7. The first-order chi connectivity index (χ1) is 30.2. The van der Waals surface area contributed by atoms with Crippen molar-refractivity contribution in [3.8, 4) is 89.0 Å². The van der Waals surface area contributed by atoms with E-state index < -0.39 is 0 Å². The summed E-state index contributed by atoms with van der Waals surface area (Å²) in [4.78, 5) is 20.9. The molecule has 5 aromatic heterocycles. The first kappa shape index (κ1) is 36.2. The number of rotatable bonds is 8. The molecule has 0 spiro atoms. The highest BCUT2D eigenvalue weighted by Gasteiger charge is 2.24. The van der Waals surface area contributed by atoms with E-state index >= 15 is 0 Å². The van der Waals surface area contributed by atoms with E-state index in [1.54, 1.807) is 0 Å². The fraction of sp³-hybridized carbons (Fsp3) is 0. The van der Waals surface area contributed by atoms with Crippen LogP contribution < -0.4 is 0 Å².